The van der Waals surface area contributed by atoms with Crippen LogP contribution in [0.3, 0.4) is 0 Å². The van der Waals surface area contributed by atoms with Crippen molar-refractivity contribution >= 4 is 28.2 Å². The van der Waals surface area contributed by atoms with Gasteiger partial charge >= 0.3 is 0 Å². The molecule has 0 saturated heterocycles. The standard InChI is InChI=1S/C17H23ClN2/c1-6-7-19-14-10-15(17(3,4)5)20-16-11(2)8-12(18)9-13(14)16/h8-10H,6-7H2,1-5H3,(H,19,20). The highest BCUT2D eigenvalue weighted by molar-refractivity contribution is 6.31. The van der Waals surface area contributed by atoms with Crippen LogP contribution in [0.2, 0.25) is 5.02 Å². The molecule has 0 fully saturated rings. The molecule has 0 amide bonds. The summed E-state index contributed by atoms with van der Waals surface area (Å²) in [5, 5.41) is 5.38. The molecule has 0 aliphatic rings. The van der Waals surface area contributed by atoms with Crippen molar-refractivity contribution in [1.82, 2.24) is 4.98 Å². The first-order valence-electron chi connectivity index (χ1n) is 7.18. The van der Waals surface area contributed by atoms with E-state index in [9.17, 15) is 0 Å². The van der Waals surface area contributed by atoms with Crippen molar-refractivity contribution < 1.29 is 0 Å². The molecule has 1 aromatic heterocycles. The molecule has 2 rings (SSSR count). The first kappa shape index (κ1) is 15.1. The van der Waals surface area contributed by atoms with Crippen LogP contribution in [-0.2, 0) is 5.41 Å². The minimum absolute atomic E-state index is 0.0307. The van der Waals surface area contributed by atoms with Crippen LogP contribution < -0.4 is 5.32 Å². The van der Waals surface area contributed by atoms with E-state index in [1.807, 2.05) is 12.1 Å². The Balaban J connectivity index is 2.71. The molecule has 0 spiro atoms. The van der Waals surface area contributed by atoms with Crippen molar-refractivity contribution in [2.24, 2.45) is 0 Å². The van der Waals surface area contributed by atoms with Crippen molar-refractivity contribution in [2.45, 2.75) is 46.5 Å². The highest BCUT2D eigenvalue weighted by Gasteiger charge is 2.18. The van der Waals surface area contributed by atoms with Gasteiger partial charge in [-0.3, -0.25) is 4.98 Å². The number of halogens is 1. The second-order valence-electron chi connectivity index (χ2n) is 6.35. The molecule has 0 radical (unpaired) electrons. The van der Waals surface area contributed by atoms with Crippen LogP contribution in [-0.4, -0.2) is 11.5 Å². The minimum Gasteiger partial charge on any atom is -0.384 e. The molecule has 2 aromatic rings. The number of pyridine rings is 1. The molecule has 0 aliphatic carbocycles. The topological polar surface area (TPSA) is 24.9 Å². The quantitative estimate of drug-likeness (QED) is 0.828. The Morgan fingerprint density at radius 1 is 1.20 bits per heavy atom. The summed E-state index contributed by atoms with van der Waals surface area (Å²) in [6.45, 7) is 11.8. The van der Waals surface area contributed by atoms with E-state index in [1.54, 1.807) is 0 Å². The van der Waals surface area contributed by atoms with Crippen molar-refractivity contribution in [3.05, 3.63) is 34.5 Å². The molecule has 0 bridgehead atoms. The van der Waals surface area contributed by atoms with Gasteiger partial charge in [-0.2, -0.15) is 0 Å². The molecule has 0 aliphatic heterocycles. The summed E-state index contributed by atoms with van der Waals surface area (Å²) in [6.07, 6.45) is 1.09. The number of anilines is 1. The van der Waals surface area contributed by atoms with Gasteiger partial charge in [0.25, 0.3) is 0 Å². The molecule has 108 valence electrons. The number of aryl methyl sites for hydroxylation is 1. The van der Waals surface area contributed by atoms with Gasteiger partial charge in [0, 0.05) is 33.7 Å². The maximum atomic E-state index is 6.20. The second-order valence-corrected chi connectivity index (χ2v) is 6.79. The predicted octanol–water partition coefficient (Wildman–Crippen LogP) is 5.32. The van der Waals surface area contributed by atoms with Crippen LogP contribution in [0.5, 0.6) is 0 Å². The molecule has 2 nitrogen and oxygen atoms in total. The summed E-state index contributed by atoms with van der Waals surface area (Å²) in [7, 11) is 0. The molecule has 1 N–H and O–H groups in total. The molecule has 1 heterocycles. The van der Waals surface area contributed by atoms with Crippen LogP contribution in [0.1, 0.15) is 45.4 Å². The number of benzene rings is 1. The van der Waals surface area contributed by atoms with E-state index in [0.717, 1.165) is 45.8 Å². The molecule has 0 atom stereocenters. The Hall–Kier alpha value is -1.28. The SMILES string of the molecule is CCCNc1cc(C(C)(C)C)nc2c(C)cc(Cl)cc12. The highest BCUT2D eigenvalue weighted by Crippen LogP contribution is 2.32. The summed E-state index contributed by atoms with van der Waals surface area (Å²) in [4.78, 5) is 4.86. The lowest BCUT2D eigenvalue weighted by Gasteiger charge is -2.21. The van der Waals surface area contributed by atoms with Gasteiger partial charge in [0.1, 0.15) is 0 Å². The molecule has 0 saturated carbocycles. The highest BCUT2D eigenvalue weighted by atomic mass is 35.5. The van der Waals surface area contributed by atoms with E-state index in [4.69, 9.17) is 16.6 Å². The Labute approximate surface area is 126 Å². The normalized spacial score (nSPS) is 11.9. The van der Waals surface area contributed by atoms with Gasteiger partial charge in [0.05, 0.1) is 5.52 Å². The lowest BCUT2D eigenvalue weighted by atomic mass is 9.90. The van der Waals surface area contributed by atoms with Crippen molar-refractivity contribution in [2.75, 3.05) is 11.9 Å². The zero-order valence-electron chi connectivity index (χ0n) is 13.0. The number of hydrogen-bond donors (Lipinski definition) is 1. The van der Waals surface area contributed by atoms with Crippen LogP contribution >= 0.6 is 11.6 Å². The fourth-order valence-corrected chi connectivity index (χ4v) is 2.52. The third-order valence-electron chi connectivity index (χ3n) is 3.40. The average molecular weight is 291 g/mol. The summed E-state index contributed by atoms with van der Waals surface area (Å²) in [5.41, 5.74) is 4.43. The number of nitrogens with zero attached hydrogens (tertiary/aromatic N) is 1. The Bertz CT molecular complexity index is 627. The van der Waals surface area contributed by atoms with Crippen LogP contribution in [0.25, 0.3) is 10.9 Å². The zero-order valence-corrected chi connectivity index (χ0v) is 13.7. The van der Waals surface area contributed by atoms with Crippen LogP contribution in [0, 0.1) is 6.92 Å². The van der Waals surface area contributed by atoms with Gasteiger partial charge in [-0.15, -0.1) is 0 Å². The third kappa shape index (κ3) is 3.06. The average Bonchev–Trinajstić information content (AvgIpc) is 2.34. The van der Waals surface area contributed by atoms with E-state index in [0.29, 0.717) is 0 Å². The van der Waals surface area contributed by atoms with Gasteiger partial charge in [-0.1, -0.05) is 39.3 Å². The van der Waals surface area contributed by atoms with Gasteiger partial charge in [-0.25, -0.2) is 0 Å². The summed E-state index contributed by atoms with van der Waals surface area (Å²) in [6, 6.07) is 6.14. The van der Waals surface area contributed by atoms with Crippen molar-refractivity contribution in [3.63, 3.8) is 0 Å². The smallest absolute Gasteiger partial charge is 0.0756 e. The molecular weight excluding hydrogens is 268 g/mol. The molecular formula is C17H23ClN2. The van der Waals surface area contributed by atoms with Crippen molar-refractivity contribution in [1.29, 1.82) is 0 Å². The molecule has 3 heteroatoms. The number of nitrogens with one attached hydrogen (secondary N) is 1. The Kier molecular flexibility index (Phi) is 4.24. The fourth-order valence-electron chi connectivity index (χ4n) is 2.25. The first-order valence-corrected chi connectivity index (χ1v) is 7.56. The summed E-state index contributed by atoms with van der Waals surface area (Å²) in [5.74, 6) is 0. The summed E-state index contributed by atoms with van der Waals surface area (Å²) < 4.78 is 0. The van der Waals surface area contributed by atoms with E-state index in [1.165, 1.54) is 0 Å². The minimum atomic E-state index is 0.0307. The second kappa shape index (κ2) is 5.61. The largest absolute Gasteiger partial charge is 0.384 e. The molecule has 20 heavy (non-hydrogen) atoms. The monoisotopic (exact) mass is 290 g/mol. The van der Waals surface area contributed by atoms with Crippen LogP contribution in [0.15, 0.2) is 18.2 Å². The third-order valence-corrected chi connectivity index (χ3v) is 3.62. The van der Waals surface area contributed by atoms with E-state index < -0.39 is 0 Å². The number of hydrogen-bond acceptors (Lipinski definition) is 2. The zero-order chi connectivity index (χ0) is 14.9. The van der Waals surface area contributed by atoms with Gasteiger partial charge < -0.3 is 5.32 Å². The lowest BCUT2D eigenvalue weighted by Crippen LogP contribution is -2.15. The van der Waals surface area contributed by atoms with E-state index in [2.05, 4.69) is 46.0 Å². The fraction of sp³-hybridized carbons (Fsp3) is 0.471. The Morgan fingerprint density at radius 2 is 1.90 bits per heavy atom. The number of fused-ring (bicyclic) bond motifs is 1. The molecule has 1 aromatic carbocycles. The van der Waals surface area contributed by atoms with Crippen LogP contribution in [0.4, 0.5) is 5.69 Å². The van der Waals surface area contributed by atoms with Crippen molar-refractivity contribution in [3.8, 4) is 0 Å². The van der Waals surface area contributed by atoms with Gasteiger partial charge in [0.2, 0.25) is 0 Å². The Morgan fingerprint density at radius 3 is 2.50 bits per heavy atom. The van der Waals surface area contributed by atoms with Gasteiger partial charge in [0.15, 0.2) is 0 Å². The summed E-state index contributed by atoms with van der Waals surface area (Å²) >= 11 is 6.20. The van der Waals surface area contributed by atoms with E-state index in [-0.39, 0.29) is 5.41 Å². The molecule has 0 unspecified atom stereocenters. The predicted molar refractivity (Wildman–Crippen MR) is 89.0 cm³/mol. The number of rotatable bonds is 3. The van der Waals surface area contributed by atoms with E-state index >= 15 is 0 Å². The lowest BCUT2D eigenvalue weighted by molar-refractivity contribution is 0.571. The maximum Gasteiger partial charge on any atom is 0.0756 e. The van der Waals surface area contributed by atoms with Gasteiger partial charge in [-0.05, 0) is 37.1 Å². The maximum absolute atomic E-state index is 6.20. The first-order chi connectivity index (χ1) is 9.32. The number of aromatic nitrogens is 1.